The van der Waals surface area contributed by atoms with Crippen molar-refractivity contribution in [3.8, 4) is 5.75 Å². The Morgan fingerprint density at radius 3 is 2.73 bits per heavy atom. The molecule has 3 aromatic rings. The summed E-state index contributed by atoms with van der Waals surface area (Å²) in [5.41, 5.74) is 1.58. The largest absolute Gasteiger partial charge is 0.482 e. The lowest BCUT2D eigenvalue weighted by Crippen LogP contribution is -2.35. The summed E-state index contributed by atoms with van der Waals surface area (Å²) in [4.78, 5) is 32.2. The van der Waals surface area contributed by atoms with Crippen LogP contribution < -0.4 is 10.1 Å². The molecule has 6 nitrogen and oxygen atoms in total. The summed E-state index contributed by atoms with van der Waals surface area (Å²) in [5.74, 6) is 0.0301. The third-order valence-corrected chi connectivity index (χ3v) is 6.07. The minimum atomic E-state index is -0.343. The molecule has 154 valence electrons. The van der Waals surface area contributed by atoms with Crippen molar-refractivity contribution in [1.82, 2.24) is 9.88 Å². The number of anilines is 1. The van der Waals surface area contributed by atoms with E-state index >= 15 is 0 Å². The van der Waals surface area contributed by atoms with Crippen LogP contribution in [-0.4, -0.2) is 34.8 Å². The molecule has 2 amide bonds. The van der Waals surface area contributed by atoms with E-state index in [9.17, 15) is 9.59 Å². The van der Waals surface area contributed by atoms with E-state index in [0.29, 0.717) is 46.0 Å². The van der Waals surface area contributed by atoms with Crippen molar-refractivity contribution < 1.29 is 14.3 Å². The van der Waals surface area contributed by atoms with Crippen LogP contribution in [0.2, 0.25) is 10.0 Å². The Bertz CT molecular complexity index is 1090. The first-order valence-corrected chi connectivity index (χ1v) is 10.8. The first-order valence-electron chi connectivity index (χ1n) is 9.20. The Morgan fingerprint density at radius 1 is 1.17 bits per heavy atom. The molecule has 9 heteroatoms. The zero-order valence-corrected chi connectivity index (χ0v) is 18.1. The van der Waals surface area contributed by atoms with Gasteiger partial charge in [0.05, 0.1) is 17.3 Å². The molecular formula is C21H17Cl2N3O3S. The fourth-order valence-corrected chi connectivity index (χ4v) is 4.58. The van der Waals surface area contributed by atoms with Gasteiger partial charge in [0.2, 0.25) is 0 Å². The van der Waals surface area contributed by atoms with Gasteiger partial charge in [0, 0.05) is 28.4 Å². The van der Waals surface area contributed by atoms with Crippen LogP contribution in [0.3, 0.4) is 0 Å². The van der Waals surface area contributed by atoms with E-state index in [4.69, 9.17) is 27.9 Å². The van der Waals surface area contributed by atoms with Crippen LogP contribution in [0.1, 0.15) is 20.9 Å². The van der Waals surface area contributed by atoms with Crippen LogP contribution in [0.25, 0.3) is 0 Å². The molecule has 0 saturated carbocycles. The average Bonchev–Trinajstić information content (AvgIpc) is 3.14. The van der Waals surface area contributed by atoms with Crippen LogP contribution >= 0.6 is 34.5 Å². The molecule has 1 aromatic heterocycles. The van der Waals surface area contributed by atoms with Crippen molar-refractivity contribution in [3.63, 3.8) is 0 Å². The Kier molecular flexibility index (Phi) is 6.22. The topological polar surface area (TPSA) is 71.5 Å². The standard InChI is InChI=1S/C21H17Cl2N3O3S/c22-14-6-7-17(15(23)10-14)29-12-19(27)25-21-24-16-8-9-26(11-18(16)30-21)20(28)13-4-2-1-3-5-13/h1-7,10H,8-9,11-12H2,(H,24,25,27). The van der Waals surface area contributed by atoms with Gasteiger partial charge in [0.25, 0.3) is 11.8 Å². The number of rotatable bonds is 5. The van der Waals surface area contributed by atoms with Crippen LogP contribution in [-0.2, 0) is 17.8 Å². The highest BCUT2D eigenvalue weighted by Crippen LogP contribution is 2.30. The van der Waals surface area contributed by atoms with Crippen molar-refractivity contribution in [2.45, 2.75) is 13.0 Å². The Hall–Kier alpha value is -2.61. The van der Waals surface area contributed by atoms with E-state index in [1.165, 1.54) is 11.3 Å². The molecule has 0 radical (unpaired) electrons. The molecule has 2 heterocycles. The highest BCUT2D eigenvalue weighted by Gasteiger charge is 2.25. The number of amides is 2. The molecular weight excluding hydrogens is 445 g/mol. The first-order chi connectivity index (χ1) is 14.5. The van der Waals surface area contributed by atoms with Gasteiger partial charge in [-0.05, 0) is 30.3 Å². The number of carbonyl (C=O) groups is 2. The second-order valence-corrected chi connectivity index (χ2v) is 8.57. The predicted octanol–water partition coefficient (Wildman–Crippen LogP) is 4.67. The third kappa shape index (κ3) is 4.75. The summed E-state index contributed by atoms with van der Waals surface area (Å²) >= 11 is 13.3. The minimum absolute atomic E-state index is 0.00604. The van der Waals surface area contributed by atoms with Crippen molar-refractivity contribution in [2.24, 2.45) is 0 Å². The normalized spacial score (nSPS) is 12.9. The van der Waals surface area contributed by atoms with Gasteiger partial charge in [-0.15, -0.1) is 0 Å². The van der Waals surface area contributed by atoms with Gasteiger partial charge in [-0.2, -0.15) is 0 Å². The fraction of sp³-hybridized carbons (Fsp3) is 0.190. The van der Waals surface area contributed by atoms with Crippen LogP contribution in [0, 0.1) is 0 Å². The molecule has 0 atom stereocenters. The van der Waals surface area contributed by atoms with E-state index in [0.717, 1.165) is 10.6 Å². The maximum absolute atomic E-state index is 12.7. The van der Waals surface area contributed by atoms with Gasteiger partial charge < -0.3 is 9.64 Å². The molecule has 0 unspecified atom stereocenters. The molecule has 1 aliphatic rings. The number of nitrogens with one attached hydrogen (secondary N) is 1. The number of halogens is 2. The second kappa shape index (κ2) is 9.04. The Balaban J connectivity index is 1.35. The zero-order valence-electron chi connectivity index (χ0n) is 15.7. The molecule has 0 fully saturated rings. The number of fused-ring (bicyclic) bond motifs is 1. The summed E-state index contributed by atoms with van der Waals surface area (Å²) in [7, 11) is 0. The van der Waals surface area contributed by atoms with Gasteiger partial charge in [0.1, 0.15) is 5.75 Å². The Morgan fingerprint density at radius 2 is 1.97 bits per heavy atom. The summed E-state index contributed by atoms with van der Waals surface area (Å²) in [6, 6.07) is 14.0. The monoisotopic (exact) mass is 461 g/mol. The third-order valence-electron chi connectivity index (χ3n) is 4.54. The summed E-state index contributed by atoms with van der Waals surface area (Å²) in [6.45, 7) is 0.869. The summed E-state index contributed by atoms with van der Waals surface area (Å²) < 4.78 is 5.45. The van der Waals surface area contributed by atoms with Crippen molar-refractivity contribution in [2.75, 3.05) is 18.5 Å². The molecule has 0 bridgehead atoms. The van der Waals surface area contributed by atoms with Gasteiger partial charge in [-0.1, -0.05) is 52.7 Å². The van der Waals surface area contributed by atoms with Crippen LogP contribution in [0.5, 0.6) is 5.75 Å². The van der Waals surface area contributed by atoms with Gasteiger partial charge in [0.15, 0.2) is 11.7 Å². The number of aromatic nitrogens is 1. The Labute approximate surface area is 187 Å². The van der Waals surface area contributed by atoms with Gasteiger partial charge >= 0.3 is 0 Å². The first kappa shape index (κ1) is 20.7. The van der Waals surface area contributed by atoms with Crippen molar-refractivity contribution >= 4 is 51.5 Å². The maximum Gasteiger partial charge on any atom is 0.264 e. The molecule has 30 heavy (non-hydrogen) atoms. The lowest BCUT2D eigenvalue weighted by atomic mass is 10.1. The molecule has 2 aromatic carbocycles. The lowest BCUT2D eigenvalue weighted by Gasteiger charge is -2.26. The zero-order chi connectivity index (χ0) is 21.1. The number of thiazole rings is 1. The summed E-state index contributed by atoms with van der Waals surface area (Å²) in [5, 5.41) is 4.06. The summed E-state index contributed by atoms with van der Waals surface area (Å²) in [6.07, 6.45) is 0.650. The molecule has 4 rings (SSSR count). The van der Waals surface area contributed by atoms with E-state index < -0.39 is 0 Å². The smallest absolute Gasteiger partial charge is 0.264 e. The SMILES string of the molecule is O=C(COc1ccc(Cl)cc1Cl)Nc1nc2c(s1)CN(C(=O)c1ccccc1)CC2. The molecule has 0 spiro atoms. The molecule has 0 saturated heterocycles. The van der Waals surface area contributed by atoms with Crippen molar-refractivity contribution in [3.05, 3.63) is 74.7 Å². The van der Waals surface area contributed by atoms with E-state index in [-0.39, 0.29) is 18.4 Å². The van der Waals surface area contributed by atoms with E-state index in [2.05, 4.69) is 10.3 Å². The van der Waals surface area contributed by atoms with Gasteiger partial charge in [-0.3, -0.25) is 14.9 Å². The highest BCUT2D eigenvalue weighted by molar-refractivity contribution is 7.15. The van der Waals surface area contributed by atoms with Crippen molar-refractivity contribution in [1.29, 1.82) is 0 Å². The van der Waals surface area contributed by atoms with E-state index in [1.807, 2.05) is 30.3 Å². The number of hydrogen-bond donors (Lipinski definition) is 1. The van der Waals surface area contributed by atoms with Crippen LogP contribution in [0.15, 0.2) is 48.5 Å². The van der Waals surface area contributed by atoms with Gasteiger partial charge in [-0.25, -0.2) is 4.98 Å². The fourth-order valence-electron chi connectivity index (χ4n) is 3.08. The number of nitrogens with zero attached hydrogens (tertiary/aromatic N) is 2. The number of benzene rings is 2. The predicted molar refractivity (Wildman–Crippen MR) is 118 cm³/mol. The van der Waals surface area contributed by atoms with E-state index in [1.54, 1.807) is 23.1 Å². The average molecular weight is 462 g/mol. The minimum Gasteiger partial charge on any atom is -0.482 e. The lowest BCUT2D eigenvalue weighted by molar-refractivity contribution is -0.118. The quantitative estimate of drug-likeness (QED) is 0.599. The number of ether oxygens (including phenoxy) is 1. The molecule has 1 N–H and O–H groups in total. The second-order valence-electron chi connectivity index (χ2n) is 6.64. The number of carbonyl (C=O) groups excluding carboxylic acids is 2. The van der Waals surface area contributed by atoms with Crippen LogP contribution in [0.4, 0.5) is 5.13 Å². The molecule has 0 aliphatic carbocycles. The molecule has 1 aliphatic heterocycles. The highest BCUT2D eigenvalue weighted by atomic mass is 35.5. The maximum atomic E-state index is 12.7. The number of hydrogen-bond acceptors (Lipinski definition) is 5.